The van der Waals surface area contributed by atoms with Crippen molar-refractivity contribution in [1.82, 2.24) is 4.90 Å². The summed E-state index contributed by atoms with van der Waals surface area (Å²) in [5, 5.41) is 0. The molecule has 0 bridgehead atoms. The van der Waals surface area contributed by atoms with E-state index >= 15 is 0 Å². The Hall–Kier alpha value is -1.50. The molecule has 0 N–H and O–H groups in total. The predicted octanol–water partition coefficient (Wildman–Crippen LogP) is 3.95. The molecule has 0 unspecified atom stereocenters. The lowest BCUT2D eigenvalue weighted by atomic mass is 9.84. The van der Waals surface area contributed by atoms with Crippen LogP contribution in [0.2, 0.25) is 0 Å². The van der Waals surface area contributed by atoms with Crippen LogP contribution in [0.4, 0.5) is 0 Å². The zero-order valence-electron chi connectivity index (χ0n) is 11.2. The summed E-state index contributed by atoms with van der Waals surface area (Å²) < 4.78 is 0. The molecule has 0 atom stereocenters. The van der Waals surface area contributed by atoms with E-state index in [9.17, 15) is 0 Å². The van der Waals surface area contributed by atoms with Crippen LogP contribution in [0.5, 0.6) is 0 Å². The van der Waals surface area contributed by atoms with Gasteiger partial charge < -0.3 is 4.90 Å². The van der Waals surface area contributed by atoms with Crippen molar-refractivity contribution >= 4 is 5.70 Å². The lowest BCUT2D eigenvalue weighted by Crippen LogP contribution is -2.23. The molecule has 1 heterocycles. The fourth-order valence-corrected chi connectivity index (χ4v) is 2.09. The normalized spacial score (nSPS) is 16.6. The zero-order valence-corrected chi connectivity index (χ0v) is 11.2. The quantitative estimate of drug-likeness (QED) is 0.702. The fraction of sp³-hybridized carbons (Fsp3) is 0.375. The first-order valence-electron chi connectivity index (χ1n) is 6.17. The Bertz CT molecular complexity index is 446. The van der Waals surface area contributed by atoms with Crippen molar-refractivity contribution in [3.63, 3.8) is 0 Å². The smallest absolute Gasteiger partial charge is 0.0442 e. The maximum absolute atomic E-state index is 2.33. The Kier molecular flexibility index (Phi) is 3.10. The van der Waals surface area contributed by atoms with Gasteiger partial charge in [0.2, 0.25) is 0 Å². The Labute approximate surface area is 104 Å². The molecule has 1 aliphatic heterocycles. The van der Waals surface area contributed by atoms with E-state index in [1.54, 1.807) is 0 Å². The number of rotatable bonds is 1. The Morgan fingerprint density at radius 3 is 2.29 bits per heavy atom. The van der Waals surface area contributed by atoms with Gasteiger partial charge in [-0.2, -0.15) is 0 Å². The fourth-order valence-electron chi connectivity index (χ4n) is 2.09. The molecule has 0 aromatic heterocycles. The molecule has 1 aliphatic rings. The van der Waals surface area contributed by atoms with Crippen molar-refractivity contribution in [1.29, 1.82) is 0 Å². The van der Waals surface area contributed by atoms with Crippen LogP contribution in [0.1, 0.15) is 26.3 Å². The summed E-state index contributed by atoms with van der Waals surface area (Å²) in [5.74, 6) is 0. The Morgan fingerprint density at radius 2 is 1.71 bits per heavy atom. The third kappa shape index (κ3) is 2.60. The van der Waals surface area contributed by atoms with Crippen LogP contribution in [0, 0.1) is 5.41 Å². The molecule has 0 saturated carbocycles. The molecule has 2 rings (SSSR count). The highest BCUT2D eigenvalue weighted by molar-refractivity contribution is 5.68. The third-order valence-electron chi connectivity index (χ3n) is 3.22. The number of allylic oxidation sites excluding steroid dienone is 2. The molecule has 0 aliphatic carbocycles. The SMILES string of the molecule is CN1CC=C(C(C)(C)C)C=C1c1ccccc1. The molecule has 1 aromatic rings. The van der Waals surface area contributed by atoms with E-state index in [2.05, 4.69) is 75.2 Å². The van der Waals surface area contributed by atoms with Gasteiger partial charge in [0.1, 0.15) is 0 Å². The molecule has 1 heteroatoms. The molecule has 0 amide bonds. The zero-order chi connectivity index (χ0) is 12.5. The summed E-state index contributed by atoms with van der Waals surface area (Å²) in [5.41, 5.74) is 4.26. The van der Waals surface area contributed by atoms with E-state index < -0.39 is 0 Å². The van der Waals surface area contributed by atoms with Crippen molar-refractivity contribution in [2.75, 3.05) is 13.6 Å². The van der Waals surface area contributed by atoms with Gasteiger partial charge in [0.05, 0.1) is 0 Å². The molecule has 90 valence electrons. The second-order valence-electron chi connectivity index (χ2n) is 5.69. The van der Waals surface area contributed by atoms with Gasteiger partial charge in [0, 0.05) is 19.3 Å². The number of hydrogen-bond donors (Lipinski definition) is 0. The van der Waals surface area contributed by atoms with Gasteiger partial charge in [-0.05, 0) is 22.6 Å². The molecular weight excluding hydrogens is 206 g/mol. The predicted molar refractivity (Wildman–Crippen MR) is 74.6 cm³/mol. The Balaban J connectivity index is 2.39. The average molecular weight is 227 g/mol. The van der Waals surface area contributed by atoms with Gasteiger partial charge in [-0.25, -0.2) is 0 Å². The average Bonchev–Trinajstić information content (AvgIpc) is 2.29. The van der Waals surface area contributed by atoms with Crippen LogP contribution >= 0.6 is 0 Å². The summed E-state index contributed by atoms with van der Waals surface area (Å²) in [7, 11) is 2.15. The molecular formula is C16H21N. The molecule has 0 spiro atoms. The highest BCUT2D eigenvalue weighted by Gasteiger charge is 2.20. The standard InChI is InChI=1S/C16H21N/c1-16(2,3)14-10-11-17(4)15(12-14)13-8-6-5-7-9-13/h5-10,12H,11H2,1-4H3. The van der Waals surface area contributed by atoms with Gasteiger partial charge in [0.15, 0.2) is 0 Å². The summed E-state index contributed by atoms with van der Waals surface area (Å²) in [6.07, 6.45) is 4.64. The summed E-state index contributed by atoms with van der Waals surface area (Å²) in [4.78, 5) is 2.30. The molecule has 0 fully saturated rings. The van der Waals surface area contributed by atoms with E-state index in [1.807, 2.05) is 0 Å². The van der Waals surface area contributed by atoms with Gasteiger partial charge in [-0.1, -0.05) is 57.2 Å². The van der Waals surface area contributed by atoms with Crippen LogP contribution < -0.4 is 0 Å². The molecule has 17 heavy (non-hydrogen) atoms. The number of likely N-dealkylation sites (N-methyl/N-ethyl adjacent to an activating group) is 1. The lowest BCUT2D eigenvalue weighted by Gasteiger charge is -2.31. The monoisotopic (exact) mass is 227 g/mol. The van der Waals surface area contributed by atoms with Crippen molar-refractivity contribution in [2.24, 2.45) is 5.41 Å². The maximum atomic E-state index is 2.33. The van der Waals surface area contributed by atoms with Crippen LogP contribution in [0.3, 0.4) is 0 Å². The summed E-state index contributed by atoms with van der Waals surface area (Å²) in [6.45, 7) is 7.79. The lowest BCUT2D eigenvalue weighted by molar-refractivity contribution is 0.481. The Morgan fingerprint density at radius 1 is 1.06 bits per heavy atom. The first kappa shape index (κ1) is 12.0. The van der Waals surface area contributed by atoms with Gasteiger partial charge in [-0.3, -0.25) is 0 Å². The molecule has 1 aromatic carbocycles. The van der Waals surface area contributed by atoms with Crippen molar-refractivity contribution in [2.45, 2.75) is 20.8 Å². The maximum Gasteiger partial charge on any atom is 0.0442 e. The molecule has 1 nitrogen and oxygen atoms in total. The van der Waals surface area contributed by atoms with Gasteiger partial charge >= 0.3 is 0 Å². The van der Waals surface area contributed by atoms with Crippen LogP contribution in [0.15, 0.2) is 48.1 Å². The molecule has 0 radical (unpaired) electrons. The minimum atomic E-state index is 0.224. The van der Waals surface area contributed by atoms with Gasteiger partial charge in [-0.15, -0.1) is 0 Å². The summed E-state index contributed by atoms with van der Waals surface area (Å²) in [6, 6.07) is 10.6. The first-order valence-corrected chi connectivity index (χ1v) is 6.17. The van der Waals surface area contributed by atoms with Crippen molar-refractivity contribution in [3.8, 4) is 0 Å². The summed E-state index contributed by atoms with van der Waals surface area (Å²) >= 11 is 0. The van der Waals surface area contributed by atoms with E-state index in [0.29, 0.717) is 0 Å². The van der Waals surface area contributed by atoms with Gasteiger partial charge in [0.25, 0.3) is 0 Å². The van der Waals surface area contributed by atoms with E-state index in [0.717, 1.165) is 6.54 Å². The molecule has 0 saturated heterocycles. The van der Waals surface area contributed by atoms with E-state index in [4.69, 9.17) is 0 Å². The van der Waals surface area contributed by atoms with E-state index in [-0.39, 0.29) is 5.41 Å². The highest BCUT2D eigenvalue weighted by Crippen LogP contribution is 2.32. The first-order chi connectivity index (χ1) is 7.98. The minimum Gasteiger partial charge on any atom is -0.370 e. The van der Waals surface area contributed by atoms with E-state index in [1.165, 1.54) is 16.8 Å². The highest BCUT2D eigenvalue weighted by atomic mass is 15.1. The number of hydrogen-bond acceptors (Lipinski definition) is 1. The van der Waals surface area contributed by atoms with Crippen LogP contribution in [-0.2, 0) is 0 Å². The second kappa shape index (κ2) is 4.40. The van der Waals surface area contributed by atoms with Crippen molar-refractivity contribution in [3.05, 3.63) is 53.6 Å². The largest absolute Gasteiger partial charge is 0.370 e. The minimum absolute atomic E-state index is 0.224. The van der Waals surface area contributed by atoms with Crippen LogP contribution in [-0.4, -0.2) is 18.5 Å². The topological polar surface area (TPSA) is 3.24 Å². The number of benzene rings is 1. The number of nitrogens with zero attached hydrogens (tertiary/aromatic N) is 1. The second-order valence-corrected chi connectivity index (χ2v) is 5.69. The van der Waals surface area contributed by atoms with Crippen molar-refractivity contribution < 1.29 is 0 Å². The van der Waals surface area contributed by atoms with Crippen LogP contribution in [0.25, 0.3) is 5.70 Å². The third-order valence-corrected chi connectivity index (χ3v) is 3.22.